The number of carbonyl (C=O) groups is 1. The van der Waals surface area contributed by atoms with Crippen LogP contribution in [0.1, 0.15) is 37.2 Å². The average Bonchev–Trinajstić information content (AvgIpc) is 3.14. The fourth-order valence-electron chi connectivity index (χ4n) is 3.89. The van der Waals surface area contributed by atoms with E-state index in [4.69, 9.17) is 16.6 Å². The first-order chi connectivity index (χ1) is 12.6. The number of nitrogens with zero attached hydrogens (tertiary/aromatic N) is 1. The average molecular weight is 487 g/mol. The first-order valence-corrected chi connectivity index (χ1v) is 12.1. The van der Waals surface area contributed by atoms with Crippen LogP contribution >= 0.6 is 11.6 Å². The zero-order valence-corrected chi connectivity index (χ0v) is 17.5. The molecule has 2 aliphatic heterocycles. The fourth-order valence-corrected chi connectivity index (χ4v) is 6.96. The summed E-state index contributed by atoms with van der Waals surface area (Å²) in [5, 5.41) is 7.51. The molecule has 0 saturated heterocycles. The Morgan fingerprint density at radius 1 is 1.31 bits per heavy atom. The molecule has 7 heteroatoms. The zero-order chi connectivity index (χ0) is 18.1. The number of fused-ring (bicyclic) bond motifs is 1. The Morgan fingerprint density at radius 2 is 2.12 bits per heavy atom. The molecule has 140 valence electrons. The number of halogens is 2. The van der Waals surface area contributed by atoms with Gasteiger partial charge in [-0.05, 0) is 0 Å². The molecule has 3 aliphatic rings. The van der Waals surface area contributed by atoms with Crippen molar-refractivity contribution in [2.75, 3.05) is 11.1 Å². The van der Waals surface area contributed by atoms with E-state index < -0.39 is 0 Å². The number of allylic oxidation sites excluding steroid dienone is 1. The molecule has 2 unspecified atom stereocenters. The number of rotatable bonds is 3. The second-order valence-electron chi connectivity index (χ2n) is 7.03. The van der Waals surface area contributed by atoms with E-state index in [2.05, 4.69) is 16.4 Å². The van der Waals surface area contributed by atoms with Crippen molar-refractivity contribution < 1.29 is 31.7 Å². The van der Waals surface area contributed by atoms with Gasteiger partial charge in [0, 0.05) is 0 Å². The Bertz CT molecular complexity index is 773. The summed E-state index contributed by atoms with van der Waals surface area (Å²) in [6.45, 7) is 0.617. The molecule has 0 spiro atoms. The van der Waals surface area contributed by atoms with E-state index in [1.807, 2.05) is 24.4 Å². The van der Waals surface area contributed by atoms with Crippen molar-refractivity contribution in [3.63, 3.8) is 0 Å². The summed E-state index contributed by atoms with van der Waals surface area (Å²) in [5.41, 5.74) is 7.34. The standard InChI is InChI=1S/C19H23ClIN4O/c20-11-5-6-13-15(7-11)21-8-16(26)17(13)18-14(19(22)25-10-24-18)9-23-12-3-1-2-4-12/h5-7,9,12,17,19,24-25H,1-4,8,10,22H2/q-1/p+1. The molecule has 1 aromatic carbocycles. The molecule has 0 aromatic heterocycles. The molecule has 1 aromatic rings. The van der Waals surface area contributed by atoms with Crippen LogP contribution in [-0.2, 0) is 4.79 Å². The molecule has 0 radical (unpaired) electrons. The first kappa shape index (κ1) is 18.4. The molecule has 0 bridgehead atoms. The van der Waals surface area contributed by atoms with Crippen LogP contribution < -0.4 is 37.6 Å². The van der Waals surface area contributed by atoms with Crippen LogP contribution in [0.3, 0.4) is 0 Å². The van der Waals surface area contributed by atoms with E-state index in [0.717, 1.165) is 34.7 Å². The summed E-state index contributed by atoms with van der Waals surface area (Å²) < 4.78 is 1.94. The summed E-state index contributed by atoms with van der Waals surface area (Å²) in [5.74, 6) is 0.0584. The third-order valence-corrected chi connectivity index (χ3v) is 8.41. The number of nitrogens with one attached hydrogen (secondary N) is 2. The van der Waals surface area contributed by atoms with Gasteiger partial charge in [-0.15, -0.1) is 0 Å². The third-order valence-electron chi connectivity index (χ3n) is 5.29. The summed E-state index contributed by atoms with van der Waals surface area (Å²) in [4.78, 5) is 17.7. The van der Waals surface area contributed by atoms with E-state index in [0.29, 0.717) is 22.9 Å². The number of hydrogen-bond donors (Lipinski definition) is 3. The predicted octanol–water partition coefficient (Wildman–Crippen LogP) is -1.75. The quantitative estimate of drug-likeness (QED) is 0.269. The van der Waals surface area contributed by atoms with Crippen molar-refractivity contribution in [1.29, 1.82) is 0 Å². The number of ketones is 1. The Balaban J connectivity index is 1.75. The van der Waals surface area contributed by atoms with Gasteiger partial charge in [0.05, 0.1) is 0 Å². The second-order valence-corrected chi connectivity index (χ2v) is 10.2. The van der Waals surface area contributed by atoms with Crippen LogP contribution in [0.2, 0.25) is 5.02 Å². The maximum atomic E-state index is 12.9. The van der Waals surface area contributed by atoms with E-state index in [-0.39, 0.29) is 33.3 Å². The Hall–Kier alpha value is -0.960. The molecule has 2 heterocycles. The van der Waals surface area contributed by atoms with E-state index in [1.54, 1.807) is 0 Å². The van der Waals surface area contributed by atoms with Gasteiger partial charge in [0.2, 0.25) is 0 Å². The van der Waals surface area contributed by atoms with Gasteiger partial charge in [0.1, 0.15) is 0 Å². The SMILES string of the molecule is [NH3+]C1NCNC(C2C(=O)C[I-]c3cc(Cl)ccc32)=C1C=NC1CCCC1. The van der Waals surface area contributed by atoms with Gasteiger partial charge < -0.3 is 0 Å². The second kappa shape index (κ2) is 7.96. The molecule has 1 aliphatic carbocycles. The monoisotopic (exact) mass is 486 g/mol. The molecule has 2 atom stereocenters. The molecule has 4 rings (SSSR count). The van der Waals surface area contributed by atoms with Crippen molar-refractivity contribution in [2.45, 2.75) is 43.8 Å². The van der Waals surface area contributed by atoms with Gasteiger partial charge in [0.15, 0.2) is 0 Å². The number of alkyl halides is 1. The van der Waals surface area contributed by atoms with Crippen LogP contribution in [0.25, 0.3) is 0 Å². The van der Waals surface area contributed by atoms with Gasteiger partial charge in [-0.3, -0.25) is 0 Å². The molecule has 26 heavy (non-hydrogen) atoms. The van der Waals surface area contributed by atoms with Crippen molar-refractivity contribution in [3.8, 4) is 0 Å². The van der Waals surface area contributed by atoms with Gasteiger partial charge in [0.25, 0.3) is 0 Å². The number of carbonyl (C=O) groups excluding carboxylic acids is 1. The first-order valence-electron chi connectivity index (χ1n) is 9.12. The van der Waals surface area contributed by atoms with Crippen molar-refractivity contribution in [1.82, 2.24) is 10.6 Å². The van der Waals surface area contributed by atoms with Crippen LogP contribution in [-0.4, -0.2) is 35.3 Å². The summed E-state index contributed by atoms with van der Waals surface area (Å²) in [7, 11) is 0. The summed E-state index contributed by atoms with van der Waals surface area (Å²) >= 11 is 5.88. The van der Waals surface area contributed by atoms with Gasteiger partial charge in [-0.2, -0.15) is 0 Å². The predicted molar refractivity (Wildman–Crippen MR) is 98.4 cm³/mol. The van der Waals surface area contributed by atoms with E-state index in [1.165, 1.54) is 16.4 Å². The molecule has 1 fully saturated rings. The van der Waals surface area contributed by atoms with Crippen LogP contribution in [0.4, 0.5) is 0 Å². The number of hydrogen-bond acceptors (Lipinski definition) is 4. The molecule has 5 nitrogen and oxygen atoms in total. The number of aliphatic imine (C=N–C) groups is 1. The molecule has 5 N–H and O–H groups in total. The number of Topliss-reactive ketones (excluding diaryl/α,β-unsaturated/α-hetero) is 1. The fraction of sp³-hybridized carbons (Fsp3) is 0.474. The van der Waals surface area contributed by atoms with Gasteiger partial charge in [-0.25, -0.2) is 0 Å². The van der Waals surface area contributed by atoms with Gasteiger partial charge >= 0.3 is 169 Å². The van der Waals surface area contributed by atoms with Crippen molar-refractivity contribution in [3.05, 3.63) is 43.6 Å². The zero-order valence-electron chi connectivity index (χ0n) is 14.6. The van der Waals surface area contributed by atoms with E-state index >= 15 is 0 Å². The van der Waals surface area contributed by atoms with Crippen LogP contribution in [0, 0.1) is 3.57 Å². The number of benzene rings is 1. The van der Waals surface area contributed by atoms with Crippen LogP contribution in [0.15, 0.2) is 34.5 Å². The number of quaternary nitrogens is 1. The minimum atomic E-state index is -0.303. The van der Waals surface area contributed by atoms with Gasteiger partial charge in [-0.1, -0.05) is 0 Å². The van der Waals surface area contributed by atoms with Crippen LogP contribution in [0.5, 0.6) is 0 Å². The summed E-state index contributed by atoms with van der Waals surface area (Å²) in [6.07, 6.45) is 6.76. The Kier molecular flexibility index (Phi) is 5.63. The Morgan fingerprint density at radius 3 is 2.92 bits per heavy atom. The third kappa shape index (κ3) is 3.69. The van der Waals surface area contributed by atoms with E-state index in [9.17, 15) is 4.79 Å². The topological polar surface area (TPSA) is 81.1 Å². The molecular weight excluding hydrogens is 463 g/mol. The Labute approximate surface area is 169 Å². The minimum absolute atomic E-state index is 0.0587. The molecule has 1 saturated carbocycles. The molecule has 0 amide bonds. The van der Waals surface area contributed by atoms with Crippen molar-refractivity contribution >= 4 is 23.6 Å². The molecular formula is C19H24ClIN4O. The maximum absolute atomic E-state index is 12.9. The summed E-state index contributed by atoms with van der Waals surface area (Å²) in [6, 6.07) is 6.38. The normalized spacial score (nSPS) is 27.4. The van der Waals surface area contributed by atoms with Crippen molar-refractivity contribution in [2.24, 2.45) is 4.99 Å².